The van der Waals surface area contributed by atoms with E-state index in [0.717, 1.165) is 4.31 Å². The van der Waals surface area contributed by atoms with E-state index in [2.05, 4.69) is 9.97 Å². The summed E-state index contributed by atoms with van der Waals surface area (Å²) in [7, 11) is -3.60. The molecule has 1 aromatic heterocycles. The number of piperazine rings is 1. The fourth-order valence-corrected chi connectivity index (χ4v) is 4.81. The van der Waals surface area contributed by atoms with E-state index < -0.39 is 15.9 Å². The molecule has 4 rings (SSSR count). The Kier molecular flexibility index (Phi) is 4.71. The molecule has 2 aliphatic rings. The maximum atomic E-state index is 12.7. The first-order chi connectivity index (χ1) is 13.5. The number of anilines is 2. The number of carbonyl (C=O) groups is 2. The predicted octanol–water partition coefficient (Wildman–Crippen LogP) is 0.505. The van der Waals surface area contributed by atoms with Gasteiger partial charge in [-0.2, -0.15) is 0 Å². The molecule has 9 nitrogen and oxygen atoms in total. The molecule has 0 radical (unpaired) electrons. The Labute approximate surface area is 162 Å². The highest BCUT2D eigenvalue weighted by Crippen LogP contribution is 2.25. The lowest BCUT2D eigenvalue weighted by Crippen LogP contribution is -2.49. The normalized spacial score (nSPS) is 19.1. The van der Waals surface area contributed by atoms with Crippen LogP contribution in [0.5, 0.6) is 0 Å². The van der Waals surface area contributed by atoms with Crippen LogP contribution in [0.3, 0.4) is 0 Å². The minimum absolute atomic E-state index is 0.0155. The van der Waals surface area contributed by atoms with E-state index in [1.165, 1.54) is 12.1 Å². The van der Waals surface area contributed by atoms with E-state index in [9.17, 15) is 18.0 Å². The van der Waals surface area contributed by atoms with Crippen LogP contribution in [0.15, 0.2) is 42.7 Å². The molecule has 3 heterocycles. The second-order valence-electron chi connectivity index (χ2n) is 6.60. The maximum Gasteiger partial charge on any atom is 0.253 e. The van der Waals surface area contributed by atoms with E-state index in [4.69, 9.17) is 0 Å². The SMILES string of the molecule is O=C(c1ccc(N2C(=O)CCS2(=O)=O)cc1)N1CCN(c2ncccn2)CC1. The molecule has 0 N–H and O–H groups in total. The van der Waals surface area contributed by atoms with E-state index in [-0.39, 0.29) is 23.8 Å². The third-order valence-corrected chi connectivity index (χ3v) is 6.52. The van der Waals surface area contributed by atoms with Crippen LogP contribution in [-0.4, -0.2) is 67.0 Å². The van der Waals surface area contributed by atoms with Gasteiger partial charge in [-0.25, -0.2) is 22.7 Å². The highest BCUT2D eigenvalue weighted by Gasteiger charge is 2.36. The summed E-state index contributed by atoms with van der Waals surface area (Å²) in [6.45, 7) is 2.35. The summed E-state index contributed by atoms with van der Waals surface area (Å²) in [5.74, 6) is -0.105. The molecule has 0 saturated carbocycles. The van der Waals surface area contributed by atoms with Gasteiger partial charge in [0.1, 0.15) is 0 Å². The van der Waals surface area contributed by atoms with Gasteiger partial charge in [-0.05, 0) is 30.3 Å². The van der Waals surface area contributed by atoms with Crippen molar-refractivity contribution in [2.24, 2.45) is 0 Å². The Morgan fingerprint density at radius 1 is 0.964 bits per heavy atom. The molecule has 0 unspecified atom stereocenters. The van der Waals surface area contributed by atoms with Crippen molar-refractivity contribution in [3.63, 3.8) is 0 Å². The Bertz CT molecular complexity index is 986. The summed E-state index contributed by atoms with van der Waals surface area (Å²) < 4.78 is 24.8. The van der Waals surface area contributed by atoms with Gasteiger partial charge in [0.25, 0.3) is 5.91 Å². The highest BCUT2D eigenvalue weighted by molar-refractivity contribution is 7.94. The number of sulfonamides is 1. The monoisotopic (exact) mass is 401 g/mol. The van der Waals surface area contributed by atoms with Crippen LogP contribution in [0.25, 0.3) is 0 Å². The number of aromatic nitrogens is 2. The van der Waals surface area contributed by atoms with Gasteiger partial charge in [-0.1, -0.05) is 0 Å². The lowest BCUT2D eigenvalue weighted by molar-refractivity contribution is -0.116. The topological polar surface area (TPSA) is 104 Å². The summed E-state index contributed by atoms with van der Waals surface area (Å²) in [5.41, 5.74) is 0.724. The largest absolute Gasteiger partial charge is 0.337 e. The van der Waals surface area contributed by atoms with Gasteiger partial charge in [0.15, 0.2) is 0 Å². The molecule has 2 amide bonds. The van der Waals surface area contributed by atoms with Crippen molar-refractivity contribution in [1.29, 1.82) is 0 Å². The molecule has 2 saturated heterocycles. The van der Waals surface area contributed by atoms with Crippen molar-refractivity contribution >= 4 is 33.5 Å². The number of amides is 2. The zero-order chi connectivity index (χ0) is 19.7. The van der Waals surface area contributed by atoms with Gasteiger partial charge in [-0.15, -0.1) is 0 Å². The number of hydrogen-bond donors (Lipinski definition) is 0. The third kappa shape index (κ3) is 3.42. The number of carbonyl (C=O) groups excluding carboxylic acids is 2. The molecular weight excluding hydrogens is 382 g/mol. The van der Waals surface area contributed by atoms with Crippen LogP contribution in [-0.2, 0) is 14.8 Å². The van der Waals surface area contributed by atoms with E-state index in [0.29, 0.717) is 37.7 Å². The Morgan fingerprint density at radius 2 is 1.61 bits per heavy atom. The molecular formula is C18H19N5O4S. The van der Waals surface area contributed by atoms with Gasteiger partial charge < -0.3 is 9.80 Å². The van der Waals surface area contributed by atoms with Crippen molar-refractivity contribution in [3.05, 3.63) is 48.3 Å². The van der Waals surface area contributed by atoms with Gasteiger partial charge in [0.05, 0.1) is 11.4 Å². The first-order valence-corrected chi connectivity index (χ1v) is 10.5. The molecule has 146 valence electrons. The fourth-order valence-electron chi connectivity index (χ4n) is 3.35. The zero-order valence-corrected chi connectivity index (χ0v) is 15.9. The van der Waals surface area contributed by atoms with E-state index in [1.54, 1.807) is 35.5 Å². The molecule has 0 aliphatic carbocycles. The number of hydrogen-bond acceptors (Lipinski definition) is 7. The van der Waals surface area contributed by atoms with Crippen LogP contribution in [0, 0.1) is 0 Å². The first-order valence-electron chi connectivity index (χ1n) is 8.93. The zero-order valence-electron chi connectivity index (χ0n) is 15.1. The van der Waals surface area contributed by atoms with Crippen molar-refractivity contribution in [1.82, 2.24) is 14.9 Å². The van der Waals surface area contributed by atoms with E-state index >= 15 is 0 Å². The predicted molar refractivity (Wildman–Crippen MR) is 102 cm³/mol. The Balaban J connectivity index is 1.43. The molecule has 2 aromatic rings. The molecule has 0 spiro atoms. The molecule has 0 bridgehead atoms. The standard InChI is InChI=1S/C18H19N5O4S/c24-16-6-13-28(26,27)23(16)15-4-2-14(3-5-15)17(25)21-9-11-22(12-10-21)18-19-7-1-8-20-18/h1-5,7-8H,6,9-13H2. The van der Waals surface area contributed by atoms with Gasteiger partial charge in [-0.3, -0.25) is 9.59 Å². The van der Waals surface area contributed by atoms with Crippen LogP contribution in [0.2, 0.25) is 0 Å². The highest BCUT2D eigenvalue weighted by atomic mass is 32.2. The number of nitrogens with zero attached hydrogens (tertiary/aromatic N) is 5. The minimum Gasteiger partial charge on any atom is -0.337 e. The number of rotatable bonds is 3. The van der Waals surface area contributed by atoms with Gasteiger partial charge in [0.2, 0.25) is 21.9 Å². The summed E-state index contributed by atoms with van der Waals surface area (Å²) in [6.07, 6.45) is 3.36. The van der Waals surface area contributed by atoms with E-state index in [1.807, 2.05) is 4.90 Å². The van der Waals surface area contributed by atoms with Crippen LogP contribution in [0.1, 0.15) is 16.8 Å². The summed E-state index contributed by atoms with van der Waals surface area (Å²) in [4.78, 5) is 36.8. The van der Waals surface area contributed by atoms with Crippen molar-refractivity contribution in [3.8, 4) is 0 Å². The fraction of sp³-hybridized carbons (Fsp3) is 0.333. The van der Waals surface area contributed by atoms with Crippen molar-refractivity contribution in [2.45, 2.75) is 6.42 Å². The number of benzene rings is 1. The van der Waals surface area contributed by atoms with Crippen LogP contribution >= 0.6 is 0 Å². The van der Waals surface area contributed by atoms with Crippen LogP contribution in [0.4, 0.5) is 11.6 Å². The molecule has 10 heteroatoms. The van der Waals surface area contributed by atoms with Crippen LogP contribution < -0.4 is 9.21 Å². The first kappa shape index (κ1) is 18.4. The average Bonchev–Trinajstić information content (AvgIpc) is 3.01. The summed E-state index contributed by atoms with van der Waals surface area (Å²) >= 11 is 0. The van der Waals surface area contributed by atoms with Crippen molar-refractivity contribution in [2.75, 3.05) is 41.1 Å². The van der Waals surface area contributed by atoms with Crippen molar-refractivity contribution < 1.29 is 18.0 Å². The molecule has 1 aromatic carbocycles. The molecule has 2 fully saturated rings. The molecule has 0 atom stereocenters. The summed E-state index contributed by atoms with van der Waals surface area (Å²) in [6, 6.07) is 7.88. The quantitative estimate of drug-likeness (QED) is 0.738. The third-order valence-electron chi connectivity index (χ3n) is 4.83. The summed E-state index contributed by atoms with van der Waals surface area (Å²) in [5, 5.41) is 0. The second kappa shape index (κ2) is 7.19. The Morgan fingerprint density at radius 3 is 2.18 bits per heavy atom. The molecule has 2 aliphatic heterocycles. The lowest BCUT2D eigenvalue weighted by atomic mass is 10.1. The second-order valence-corrected chi connectivity index (χ2v) is 8.54. The maximum absolute atomic E-state index is 12.7. The lowest BCUT2D eigenvalue weighted by Gasteiger charge is -2.34. The minimum atomic E-state index is -3.60. The van der Waals surface area contributed by atoms with Gasteiger partial charge >= 0.3 is 0 Å². The molecule has 28 heavy (non-hydrogen) atoms. The van der Waals surface area contributed by atoms with Gasteiger partial charge in [0, 0.05) is 50.6 Å². The average molecular weight is 401 g/mol. The Hall–Kier alpha value is -3.01. The smallest absolute Gasteiger partial charge is 0.253 e.